The van der Waals surface area contributed by atoms with Gasteiger partial charge in [-0.1, -0.05) is 12.1 Å². The second-order valence-electron chi connectivity index (χ2n) is 7.61. The zero-order valence-corrected chi connectivity index (χ0v) is 16.4. The van der Waals surface area contributed by atoms with Crippen LogP contribution in [-0.2, 0) is 4.79 Å². The molecule has 2 fully saturated rings. The average molecular weight is 394 g/mol. The first-order valence-electron chi connectivity index (χ1n) is 10.2. The predicted molar refractivity (Wildman–Crippen MR) is 111 cm³/mol. The zero-order chi connectivity index (χ0) is 20.2. The Morgan fingerprint density at radius 1 is 1.00 bits per heavy atom. The molecule has 152 valence electrons. The summed E-state index contributed by atoms with van der Waals surface area (Å²) in [5.41, 5.74) is 1.29. The molecule has 3 heterocycles. The van der Waals surface area contributed by atoms with Crippen molar-refractivity contribution in [2.75, 3.05) is 29.9 Å². The summed E-state index contributed by atoms with van der Waals surface area (Å²) in [7, 11) is 0. The molecule has 2 saturated heterocycles. The number of carbonyl (C=O) groups is 2. The number of aromatic hydroxyl groups is 1. The summed E-state index contributed by atoms with van der Waals surface area (Å²) in [6.45, 7) is 2.57. The first-order chi connectivity index (χ1) is 14.1. The van der Waals surface area contributed by atoms with Gasteiger partial charge in [-0.3, -0.25) is 9.59 Å². The van der Waals surface area contributed by atoms with E-state index in [1.165, 1.54) is 30.2 Å². The van der Waals surface area contributed by atoms with E-state index in [4.69, 9.17) is 0 Å². The van der Waals surface area contributed by atoms with Gasteiger partial charge < -0.3 is 20.2 Å². The molecule has 1 aromatic carbocycles. The van der Waals surface area contributed by atoms with E-state index in [0.29, 0.717) is 18.8 Å². The first-order valence-corrected chi connectivity index (χ1v) is 10.2. The molecule has 0 aliphatic carbocycles. The number of phenolic OH excluding ortho intramolecular Hbond substituents is 1. The molecule has 7 nitrogen and oxygen atoms in total. The Balaban J connectivity index is 1.42. The number of nitrogens with zero attached hydrogens (tertiary/aromatic N) is 3. The number of hydrogen-bond donors (Lipinski definition) is 2. The van der Waals surface area contributed by atoms with Crippen molar-refractivity contribution in [2.24, 2.45) is 0 Å². The van der Waals surface area contributed by atoms with E-state index < -0.39 is 6.04 Å². The van der Waals surface area contributed by atoms with Crippen LogP contribution in [0.15, 0.2) is 42.6 Å². The number of anilines is 2. The van der Waals surface area contributed by atoms with Crippen molar-refractivity contribution in [3.63, 3.8) is 0 Å². The largest absolute Gasteiger partial charge is 0.507 e. The summed E-state index contributed by atoms with van der Waals surface area (Å²) in [6, 6.07) is 9.65. The molecule has 1 aromatic heterocycles. The van der Waals surface area contributed by atoms with Crippen molar-refractivity contribution in [1.29, 1.82) is 0 Å². The quantitative estimate of drug-likeness (QED) is 0.833. The summed E-state index contributed by atoms with van der Waals surface area (Å²) in [4.78, 5) is 33.9. The minimum atomic E-state index is -0.564. The number of para-hydroxylation sites is 1. The summed E-state index contributed by atoms with van der Waals surface area (Å²) in [5.74, 6) is -0.158. The lowest BCUT2D eigenvalue weighted by Crippen LogP contribution is -2.43. The normalized spacial score (nSPS) is 19.2. The summed E-state index contributed by atoms with van der Waals surface area (Å²) >= 11 is 0. The molecule has 4 rings (SSSR count). The van der Waals surface area contributed by atoms with E-state index in [0.717, 1.165) is 25.2 Å². The van der Waals surface area contributed by atoms with Crippen LogP contribution in [0.2, 0.25) is 0 Å². The Bertz CT molecular complexity index is 878. The maximum atomic E-state index is 12.8. The molecular formula is C22H26N4O3. The second-order valence-corrected chi connectivity index (χ2v) is 7.61. The topological polar surface area (TPSA) is 85.8 Å². The molecule has 7 heteroatoms. The Morgan fingerprint density at radius 2 is 1.79 bits per heavy atom. The molecule has 2 aliphatic rings. The Morgan fingerprint density at radius 3 is 2.52 bits per heavy atom. The third-order valence-electron chi connectivity index (χ3n) is 5.67. The molecule has 2 amide bonds. The fourth-order valence-corrected chi connectivity index (χ4v) is 4.10. The Labute approximate surface area is 170 Å². The minimum absolute atomic E-state index is 0.0708. The number of pyridine rings is 1. The Hall–Kier alpha value is -3.09. The molecule has 2 aliphatic heterocycles. The van der Waals surface area contributed by atoms with Crippen LogP contribution in [-0.4, -0.2) is 52.5 Å². The maximum Gasteiger partial charge on any atom is 0.258 e. The van der Waals surface area contributed by atoms with E-state index in [-0.39, 0.29) is 23.1 Å². The minimum Gasteiger partial charge on any atom is -0.507 e. The van der Waals surface area contributed by atoms with Gasteiger partial charge in [0.05, 0.1) is 17.4 Å². The lowest BCUT2D eigenvalue weighted by molar-refractivity contribution is -0.119. The SMILES string of the molecule is O=C(Nc1ccc(N2CCCCC2)cn1)C1CCCN1C(=O)c1ccccc1O. The molecule has 2 aromatic rings. The van der Waals surface area contributed by atoms with Gasteiger partial charge in [-0.05, 0) is 56.4 Å². The van der Waals surface area contributed by atoms with Crippen LogP contribution in [0.1, 0.15) is 42.5 Å². The van der Waals surface area contributed by atoms with Crippen molar-refractivity contribution in [1.82, 2.24) is 9.88 Å². The second kappa shape index (κ2) is 8.51. The smallest absolute Gasteiger partial charge is 0.258 e. The highest BCUT2D eigenvalue weighted by atomic mass is 16.3. The summed E-state index contributed by atoms with van der Waals surface area (Å²) < 4.78 is 0. The predicted octanol–water partition coefficient (Wildman–Crippen LogP) is 3.02. The van der Waals surface area contributed by atoms with Crippen molar-refractivity contribution in [2.45, 2.75) is 38.1 Å². The van der Waals surface area contributed by atoms with Crippen LogP contribution < -0.4 is 10.2 Å². The van der Waals surface area contributed by atoms with Crippen LogP contribution in [0.3, 0.4) is 0 Å². The number of amides is 2. The van der Waals surface area contributed by atoms with Crippen molar-refractivity contribution in [3.8, 4) is 5.75 Å². The van der Waals surface area contributed by atoms with E-state index in [2.05, 4.69) is 15.2 Å². The van der Waals surface area contributed by atoms with E-state index in [1.54, 1.807) is 24.4 Å². The maximum absolute atomic E-state index is 12.8. The number of piperidine rings is 1. The number of aromatic nitrogens is 1. The molecule has 0 radical (unpaired) electrons. The van der Waals surface area contributed by atoms with Gasteiger partial charge in [-0.15, -0.1) is 0 Å². The Kier molecular flexibility index (Phi) is 5.64. The zero-order valence-electron chi connectivity index (χ0n) is 16.4. The molecule has 2 N–H and O–H groups in total. The van der Waals surface area contributed by atoms with Crippen molar-refractivity contribution in [3.05, 3.63) is 48.2 Å². The van der Waals surface area contributed by atoms with Crippen LogP contribution in [0, 0.1) is 0 Å². The number of benzene rings is 1. The number of rotatable bonds is 4. The van der Waals surface area contributed by atoms with Crippen LogP contribution in [0.25, 0.3) is 0 Å². The van der Waals surface area contributed by atoms with Gasteiger partial charge in [-0.25, -0.2) is 4.98 Å². The molecule has 1 atom stereocenters. The van der Waals surface area contributed by atoms with Crippen LogP contribution in [0.5, 0.6) is 5.75 Å². The van der Waals surface area contributed by atoms with Crippen LogP contribution >= 0.6 is 0 Å². The van der Waals surface area contributed by atoms with Gasteiger partial charge in [0, 0.05) is 19.6 Å². The number of phenols is 1. The number of nitrogens with one attached hydrogen (secondary N) is 1. The monoisotopic (exact) mass is 394 g/mol. The highest BCUT2D eigenvalue weighted by Gasteiger charge is 2.35. The lowest BCUT2D eigenvalue weighted by Gasteiger charge is -2.28. The van der Waals surface area contributed by atoms with Gasteiger partial charge in [0.2, 0.25) is 5.91 Å². The van der Waals surface area contributed by atoms with Gasteiger partial charge in [0.1, 0.15) is 17.6 Å². The fourth-order valence-electron chi connectivity index (χ4n) is 4.10. The van der Waals surface area contributed by atoms with Gasteiger partial charge >= 0.3 is 0 Å². The summed E-state index contributed by atoms with van der Waals surface area (Å²) in [6.07, 6.45) is 6.80. The van der Waals surface area contributed by atoms with Gasteiger partial charge in [0.25, 0.3) is 5.91 Å². The molecule has 1 unspecified atom stereocenters. The third-order valence-corrected chi connectivity index (χ3v) is 5.67. The van der Waals surface area contributed by atoms with E-state index in [9.17, 15) is 14.7 Å². The standard InChI is InChI=1S/C22H26N4O3/c27-19-9-3-2-7-17(19)22(29)26-14-6-8-18(26)21(28)24-20-11-10-16(15-23-20)25-12-4-1-5-13-25/h2-3,7,9-11,15,18,27H,1,4-6,8,12-14H2,(H,23,24,28). The first kappa shape index (κ1) is 19.2. The van der Waals surface area contributed by atoms with Gasteiger partial charge in [0.15, 0.2) is 0 Å². The summed E-state index contributed by atoms with van der Waals surface area (Å²) in [5, 5.41) is 12.8. The highest BCUT2D eigenvalue weighted by Crippen LogP contribution is 2.25. The molecule has 29 heavy (non-hydrogen) atoms. The average Bonchev–Trinajstić information content (AvgIpc) is 3.25. The van der Waals surface area contributed by atoms with Crippen molar-refractivity contribution < 1.29 is 14.7 Å². The van der Waals surface area contributed by atoms with E-state index >= 15 is 0 Å². The van der Waals surface area contributed by atoms with Crippen LogP contribution in [0.4, 0.5) is 11.5 Å². The molecule has 0 spiro atoms. The number of likely N-dealkylation sites (tertiary alicyclic amines) is 1. The van der Waals surface area contributed by atoms with Crippen molar-refractivity contribution >= 4 is 23.3 Å². The highest BCUT2D eigenvalue weighted by molar-refractivity contribution is 6.02. The lowest BCUT2D eigenvalue weighted by atomic mass is 10.1. The third kappa shape index (κ3) is 4.18. The molecular weight excluding hydrogens is 368 g/mol. The molecule has 0 bridgehead atoms. The fraction of sp³-hybridized carbons (Fsp3) is 0.409. The number of hydrogen-bond acceptors (Lipinski definition) is 5. The van der Waals surface area contributed by atoms with E-state index in [1.807, 2.05) is 12.1 Å². The van der Waals surface area contributed by atoms with Gasteiger partial charge in [-0.2, -0.15) is 0 Å². The molecule has 0 saturated carbocycles. The number of carbonyl (C=O) groups excluding carboxylic acids is 2.